The molecule has 1 amide bonds. The molecule has 8 heteroatoms. The molecule has 144 valence electrons. The fourth-order valence-electron chi connectivity index (χ4n) is 3.00. The van der Waals surface area contributed by atoms with Crippen LogP contribution in [0.2, 0.25) is 0 Å². The summed E-state index contributed by atoms with van der Waals surface area (Å²) in [7, 11) is 3.10. The lowest BCUT2D eigenvalue weighted by atomic mass is 9.97. The number of carbonyl (C=O) groups excluding carboxylic acids is 1. The molecule has 0 bridgehead atoms. The number of aromatic amines is 1. The van der Waals surface area contributed by atoms with E-state index < -0.39 is 5.25 Å². The molecule has 0 saturated heterocycles. The molecule has 0 spiro atoms. The number of thioether (sulfide) groups is 1. The molecular weight excluding hydrogens is 366 g/mol. The van der Waals surface area contributed by atoms with Crippen molar-refractivity contribution < 1.29 is 14.3 Å². The molecule has 2 N–H and O–H groups in total. The van der Waals surface area contributed by atoms with Crippen molar-refractivity contribution in [3.63, 3.8) is 0 Å². The third-order valence-electron chi connectivity index (χ3n) is 4.49. The van der Waals surface area contributed by atoms with Crippen molar-refractivity contribution >= 4 is 23.4 Å². The largest absolute Gasteiger partial charge is 0.497 e. The number of carbonyl (C=O) groups is 1. The van der Waals surface area contributed by atoms with Gasteiger partial charge in [-0.15, -0.1) is 0 Å². The van der Waals surface area contributed by atoms with Gasteiger partial charge in [0.2, 0.25) is 5.91 Å². The summed E-state index contributed by atoms with van der Waals surface area (Å²) in [5.74, 6) is 0.945. The molecule has 7 nitrogen and oxygen atoms in total. The van der Waals surface area contributed by atoms with E-state index >= 15 is 0 Å². The number of hydrogen-bond acceptors (Lipinski definition) is 6. The van der Waals surface area contributed by atoms with Gasteiger partial charge >= 0.3 is 0 Å². The second-order valence-electron chi connectivity index (χ2n) is 6.32. The number of nitrogens with zero attached hydrogens (tertiary/aromatic N) is 1. The second kappa shape index (κ2) is 8.47. The zero-order valence-corrected chi connectivity index (χ0v) is 16.4. The highest BCUT2D eigenvalue weighted by molar-refractivity contribution is 8.00. The van der Waals surface area contributed by atoms with E-state index in [1.807, 2.05) is 0 Å². The quantitative estimate of drug-likeness (QED) is 0.583. The van der Waals surface area contributed by atoms with Crippen LogP contribution in [0.5, 0.6) is 11.5 Å². The molecule has 1 aromatic heterocycles. The summed E-state index contributed by atoms with van der Waals surface area (Å²) in [4.78, 5) is 32.2. The van der Waals surface area contributed by atoms with Gasteiger partial charge in [0.25, 0.3) is 5.56 Å². The number of nitrogens with one attached hydrogen (secondary N) is 2. The van der Waals surface area contributed by atoms with Crippen LogP contribution in [0.3, 0.4) is 0 Å². The highest BCUT2D eigenvalue weighted by Crippen LogP contribution is 2.30. The van der Waals surface area contributed by atoms with Gasteiger partial charge in [-0.05, 0) is 44.7 Å². The summed E-state index contributed by atoms with van der Waals surface area (Å²) in [6.45, 7) is 1.77. The predicted octanol–water partition coefficient (Wildman–Crippen LogP) is 2.79. The van der Waals surface area contributed by atoms with Gasteiger partial charge in [-0.2, -0.15) is 0 Å². The van der Waals surface area contributed by atoms with E-state index in [1.54, 1.807) is 32.2 Å². The first kappa shape index (κ1) is 19.3. The Kier molecular flexibility index (Phi) is 6.05. The number of amides is 1. The molecule has 1 unspecified atom stereocenters. The van der Waals surface area contributed by atoms with Crippen LogP contribution in [0, 0.1) is 0 Å². The van der Waals surface area contributed by atoms with Crippen molar-refractivity contribution in [3.05, 3.63) is 39.8 Å². The summed E-state index contributed by atoms with van der Waals surface area (Å²) >= 11 is 1.23. The van der Waals surface area contributed by atoms with Crippen molar-refractivity contribution in [2.75, 3.05) is 19.5 Å². The van der Waals surface area contributed by atoms with Gasteiger partial charge in [-0.25, -0.2) is 4.98 Å². The van der Waals surface area contributed by atoms with E-state index in [0.29, 0.717) is 22.3 Å². The predicted molar refractivity (Wildman–Crippen MR) is 105 cm³/mol. The highest BCUT2D eigenvalue weighted by atomic mass is 32.2. The normalized spacial score (nSPS) is 14.2. The summed E-state index contributed by atoms with van der Waals surface area (Å²) in [5.41, 5.74) is 2.07. The van der Waals surface area contributed by atoms with Crippen LogP contribution >= 0.6 is 11.8 Å². The summed E-state index contributed by atoms with van der Waals surface area (Å²) in [6.07, 6.45) is 3.65. The molecule has 0 saturated carbocycles. The van der Waals surface area contributed by atoms with Gasteiger partial charge in [0.1, 0.15) is 11.5 Å². The van der Waals surface area contributed by atoms with Crippen molar-refractivity contribution in [1.29, 1.82) is 0 Å². The number of aryl methyl sites for hydroxylation is 1. The standard InChI is InChI=1S/C19H23N3O4S/c1-11(17(23)20-15-10-12(25-2)8-9-16(15)26-3)27-19-21-14-7-5-4-6-13(14)18(24)22-19/h8-11H,4-7H2,1-3H3,(H,20,23)(H,21,22,24). The zero-order chi connectivity index (χ0) is 19.4. The average Bonchev–Trinajstić information content (AvgIpc) is 2.67. The third kappa shape index (κ3) is 4.44. The second-order valence-corrected chi connectivity index (χ2v) is 7.65. The maximum atomic E-state index is 12.6. The van der Waals surface area contributed by atoms with E-state index in [2.05, 4.69) is 15.3 Å². The highest BCUT2D eigenvalue weighted by Gasteiger charge is 2.21. The number of H-pyrrole nitrogens is 1. The monoisotopic (exact) mass is 389 g/mol. The fraction of sp³-hybridized carbons (Fsp3) is 0.421. The minimum atomic E-state index is -0.453. The number of anilines is 1. The molecule has 2 aromatic rings. The number of fused-ring (bicyclic) bond motifs is 1. The van der Waals surface area contributed by atoms with Crippen LogP contribution < -0.4 is 20.3 Å². The molecule has 1 aliphatic rings. The molecule has 1 heterocycles. The van der Waals surface area contributed by atoms with E-state index in [4.69, 9.17) is 9.47 Å². The maximum absolute atomic E-state index is 12.6. The minimum absolute atomic E-state index is 0.0933. The Hall–Kier alpha value is -2.48. The van der Waals surface area contributed by atoms with Crippen molar-refractivity contribution in [2.45, 2.75) is 43.0 Å². The molecule has 0 radical (unpaired) electrons. The van der Waals surface area contributed by atoms with E-state index in [0.717, 1.165) is 36.9 Å². The number of hydrogen-bond donors (Lipinski definition) is 2. The number of aromatic nitrogens is 2. The van der Waals surface area contributed by atoms with Gasteiger partial charge < -0.3 is 19.8 Å². The topological polar surface area (TPSA) is 93.3 Å². The van der Waals surface area contributed by atoms with Gasteiger partial charge in [0, 0.05) is 11.6 Å². The van der Waals surface area contributed by atoms with Crippen molar-refractivity contribution in [2.24, 2.45) is 0 Å². The summed E-state index contributed by atoms with van der Waals surface area (Å²) in [6, 6.07) is 5.19. The number of methoxy groups -OCH3 is 2. The van der Waals surface area contributed by atoms with Crippen LogP contribution in [0.15, 0.2) is 28.2 Å². The molecule has 1 aliphatic carbocycles. The van der Waals surface area contributed by atoms with Gasteiger partial charge in [0.05, 0.1) is 30.9 Å². The Balaban J connectivity index is 1.73. The molecule has 1 aromatic carbocycles. The van der Waals surface area contributed by atoms with Crippen LogP contribution in [0.25, 0.3) is 0 Å². The molecule has 0 fully saturated rings. The Morgan fingerprint density at radius 3 is 2.78 bits per heavy atom. The zero-order valence-electron chi connectivity index (χ0n) is 15.6. The summed E-state index contributed by atoms with van der Waals surface area (Å²) < 4.78 is 10.5. The van der Waals surface area contributed by atoms with Crippen LogP contribution in [0.1, 0.15) is 31.0 Å². The lowest BCUT2D eigenvalue weighted by molar-refractivity contribution is -0.115. The molecule has 1 atom stereocenters. The van der Waals surface area contributed by atoms with Gasteiger partial charge in [-0.1, -0.05) is 11.8 Å². The maximum Gasteiger partial charge on any atom is 0.254 e. The Morgan fingerprint density at radius 1 is 1.26 bits per heavy atom. The van der Waals surface area contributed by atoms with E-state index in [9.17, 15) is 9.59 Å². The SMILES string of the molecule is COc1ccc(OC)c(NC(=O)C(C)Sc2nc3c(c(=O)[nH]2)CCCC3)c1. The van der Waals surface area contributed by atoms with Crippen molar-refractivity contribution in [3.8, 4) is 11.5 Å². The van der Waals surface area contributed by atoms with Crippen LogP contribution in [0.4, 0.5) is 5.69 Å². The number of benzene rings is 1. The molecule has 3 rings (SSSR count). The van der Waals surface area contributed by atoms with Crippen LogP contribution in [-0.4, -0.2) is 35.3 Å². The third-order valence-corrected chi connectivity index (χ3v) is 5.48. The van der Waals surface area contributed by atoms with Gasteiger partial charge in [-0.3, -0.25) is 9.59 Å². The molecular formula is C19H23N3O4S. The first-order valence-corrected chi connectivity index (χ1v) is 9.71. The molecule has 0 aliphatic heterocycles. The lowest BCUT2D eigenvalue weighted by Gasteiger charge is -2.17. The fourth-order valence-corrected chi connectivity index (χ4v) is 3.82. The van der Waals surface area contributed by atoms with Gasteiger partial charge in [0.15, 0.2) is 5.16 Å². The Morgan fingerprint density at radius 2 is 2.04 bits per heavy atom. The Bertz CT molecular complexity index is 897. The first-order chi connectivity index (χ1) is 13.0. The molecule has 27 heavy (non-hydrogen) atoms. The Labute approximate surface area is 161 Å². The average molecular weight is 389 g/mol. The van der Waals surface area contributed by atoms with E-state index in [-0.39, 0.29) is 11.5 Å². The lowest BCUT2D eigenvalue weighted by Crippen LogP contribution is -2.25. The number of ether oxygens (including phenoxy) is 2. The first-order valence-electron chi connectivity index (χ1n) is 8.83. The van der Waals surface area contributed by atoms with Crippen molar-refractivity contribution in [1.82, 2.24) is 9.97 Å². The smallest absolute Gasteiger partial charge is 0.254 e. The van der Waals surface area contributed by atoms with Crippen LogP contribution in [-0.2, 0) is 17.6 Å². The van der Waals surface area contributed by atoms with E-state index in [1.165, 1.54) is 18.9 Å². The minimum Gasteiger partial charge on any atom is -0.497 e. The summed E-state index contributed by atoms with van der Waals surface area (Å²) in [5, 5.41) is 2.87. The number of rotatable bonds is 6.